The van der Waals surface area contributed by atoms with E-state index >= 15 is 0 Å². The molecule has 6 nitrogen and oxygen atoms in total. The highest BCUT2D eigenvalue weighted by molar-refractivity contribution is 5.92. The lowest BCUT2D eigenvalue weighted by molar-refractivity contribution is -0.129. The second-order valence-corrected chi connectivity index (χ2v) is 4.64. The first-order valence-corrected chi connectivity index (χ1v) is 6.31. The molecular formula is C14H15N3O3. The second-order valence-electron chi connectivity index (χ2n) is 4.64. The average Bonchev–Trinajstić information content (AvgIpc) is 2.46. The quantitative estimate of drug-likeness (QED) is 0.866. The molecule has 1 aliphatic heterocycles. The summed E-state index contributed by atoms with van der Waals surface area (Å²) in [7, 11) is 0. The molecule has 0 saturated carbocycles. The number of aromatic carboxylic acids is 1. The minimum Gasteiger partial charge on any atom is -0.478 e. The van der Waals surface area contributed by atoms with Crippen LogP contribution in [0.2, 0.25) is 0 Å². The molecule has 0 aromatic heterocycles. The largest absolute Gasteiger partial charge is 0.478 e. The number of carboxylic acids is 1. The van der Waals surface area contributed by atoms with E-state index in [1.807, 2.05) is 11.0 Å². The number of nitriles is 1. The maximum atomic E-state index is 11.3. The average molecular weight is 273 g/mol. The number of benzene rings is 1. The number of carbonyl (C=O) groups is 2. The van der Waals surface area contributed by atoms with Crippen LogP contribution >= 0.6 is 0 Å². The molecule has 1 heterocycles. The highest BCUT2D eigenvalue weighted by atomic mass is 16.4. The Morgan fingerprint density at radius 3 is 2.40 bits per heavy atom. The van der Waals surface area contributed by atoms with E-state index in [-0.39, 0.29) is 17.0 Å². The molecule has 0 unspecified atom stereocenters. The lowest BCUT2D eigenvalue weighted by Gasteiger charge is -2.35. The molecule has 104 valence electrons. The van der Waals surface area contributed by atoms with Gasteiger partial charge in [0.05, 0.1) is 11.1 Å². The third kappa shape index (κ3) is 2.72. The fraction of sp³-hybridized carbons (Fsp3) is 0.357. The summed E-state index contributed by atoms with van der Waals surface area (Å²) in [6.07, 6.45) is 0. The van der Waals surface area contributed by atoms with Crippen molar-refractivity contribution in [3.05, 3.63) is 29.3 Å². The van der Waals surface area contributed by atoms with Gasteiger partial charge >= 0.3 is 5.97 Å². The molecule has 0 radical (unpaired) electrons. The number of carboxylic acid groups (broad SMARTS) is 1. The van der Waals surface area contributed by atoms with Crippen molar-refractivity contribution in [1.29, 1.82) is 5.26 Å². The van der Waals surface area contributed by atoms with Crippen molar-refractivity contribution >= 4 is 17.6 Å². The lowest BCUT2D eigenvalue weighted by atomic mass is 10.1. The van der Waals surface area contributed by atoms with Crippen LogP contribution < -0.4 is 4.90 Å². The van der Waals surface area contributed by atoms with Crippen LogP contribution in [0, 0.1) is 11.3 Å². The fourth-order valence-corrected chi connectivity index (χ4v) is 2.28. The lowest BCUT2D eigenvalue weighted by Crippen LogP contribution is -2.48. The maximum absolute atomic E-state index is 11.3. The third-order valence-corrected chi connectivity index (χ3v) is 3.44. The molecule has 6 heteroatoms. The topological polar surface area (TPSA) is 84.6 Å². The number of piperazine rings is 1. The zero-order valence-corrected chi connectivity index (χ0v) is 11.2. The molecule has 0 atom stereocenters. The number of rotatable bonds is 2. The van der Waals surface area contributed by atoms with Crippen LogP contribution in [0.1, 0.15) is 22.8 Å². The molecule has 0 spiro atoms. The van der Waals surface area contributed by atoms with Gasteiger partial charge in [-0.15, -0.1) is 0 Å². The molecule has 1 fully saturated rings. The van der Waals surface area contributed by atoms with Crippen LogP contribution in [-0.4, -0.2) is 48.1 Å². The Bertz CT molecular complexity index is 584. The summed E-state index contributed by atoms with van der Waals surface area (Å²) in [5.74, 6) is -1.05. The van der Waals surface area contributed by atoms with Gasteiger partial charge in [0, 0.05) is 38.8 Å². The Labute approximate surface area is 116 Å². The molecular weight excluding hydrogens is 258 g/mol. The molecule has 0 aliphatic carbocycles. The summed E-state index contributed by atoms with van der Waals surface area (Å²) in [6, 6.07) is 6.66. The minimum atomic E-state index is -1.11. The van der Waals surface area contributed by atoms with Crippen LogP contribution in [0.3, 0.4) is 0 Å². The van der Waals surface area contributed by atoms with Gasteiger partial charge in [-0.05, 0) is 18.2 Å². The number of nitrogens with zero attached hydrogens (tertiary/aromatic N) is 3. The van der Waals surface area contributed by atoms with Gasteiger partial charge < -0.3 is 14.9 Å². The summed E-state index contributed by atoms with van der Waals surface area (Å²) >= 11 is 0. The molecule has 1 aromatic rings. The second kappa shape index (κ2) is 5.61. The Balaban J connectivity index is 2.19. The third-order valence-electron chi connectivity index (χ3n) is 3.44. The molecule has 2 rings (SSSR count). The number of hydrogen-bond donors (Lipinski definition) is 1. The highest BCUT2D eigenvalue weighted by Gasteiger charge is 2.20. The summed E-state index contributed by atoms with van der Waals surface area (Å²) in [5, 5.41) is 18.0. The van der Waals surface area contributed by atoms with E-state index in [4.69, 9.17) is 10.4 Å². The van der Waals surface area contributed by atoms with Crippen LogP contribution in [0.15, 0.2) is 18.2 Å². The van der Waals surface area contributed by atoms with E-state index in [0.29, 0.717) is 26.2 Å². The van der Waals surface area contributed by atoms with Gasteiger partial charge in [-0.2, -0.15) is 5.26 Å². The number of hydrogen-bond acceptors (Lipinski definition) is 4. The van der Waals surface area contributed by atoms with Crippen LogP contribution in [0.4, 0.5) is 5.69 Å². The van der Waals surface area contributed by atoms with E-state index in [9.17, 15) is 9.59 Å². The maximum Gasteiger partial charge on any atom is 0.337 e. The van der Waals surface area contributed by atoms with Gasteiger partial charge in [0.15, 0.2) is 0 Å². The predicted octanol–water partition coefficient (Wildman–Crippen LogP) is 0.925. The van der Waals surface area contributed by atoms with Crippen molar-refractivity contribution in [3.63, 3.8) is 0 Å². The molecule has 1 aromatic carbocycles. The number of amides is 1. The van der Waals surface area contributed by atoms with Crippen molar-refractivity contribution in [2.24, 2.45) is 0 Å². The first-order chi connectivity index (χ1) is 9.52. The molecule has 1 N–H and O–H groups in total. The van der Waals surface area contributed by atoms with Crippen molar-refractivity contribution < 1.29 is 14.7 Å². The van der Waals surface area contributed by atoms with Crippen molar-refractivity contribution in [2.75, 3.05) is 31.1 Å². The summed E-state index contributed by atoms with van der Waals surface area (Å²) < 4.78 is 0. The van der Waals surface area contributed by atoms with Crippen LogP contribution in [0.5, 0.6) is 0 Å². The fourth-order valence-electron chi connectivity index (χ4n) is 2.28. The van der Waals surface area contributed by atoms with Gasteiger partial charge in [0.25, 0.3) is 0 Å². The monoisotopic (exact) mass is 273 g/mol. The standard InChI is InChI=1S/C14H15N3O3/c1-10(18)16-4-6-17(7-5-16)12-3-2-11(9-15)13(8-12)14(19)20/h2-3,8H,4-7H2,1H3,(H,19,20). The first-order valence-electron chi connectivity index (χ1n) is 6.31. The zero-order valence-electron chi connectivity index (χ0n) is 11.2. The minimum absolute atomic E-state index is 0.0130. The van der Waals surface area contributed by atoms with E-state index in [0.717, 1.165) is 5.69 Å². The molecule has 0 bridgehead atoms. The van der Waals surface area contributed by atoms with Gasteiger partial charge in [-0.3, -0.25) is 4.79 Å². The highest BCUT2D eigenvalue weighted by Crippen LogP contribution is 2.21. The summed E-state index contributed by atoms with van der Waals surface area (Å²) in [6.45, 7) is 4.10. The smallest absolute Gasteiger partial charge is 0.337 e. The van der Waals surface area contributed by atoms with E-state index in [1.54, 1.807) is 17.9 Å². The van der Waals surface area contributed by atoms with Crippen molar-refractivity contribution in [3.8, 4) is 6.07 Å². The Hall–Kier alpha value is -2.55. The Kier molecular flexibility index (Phi) is 3.89. The molecule has 1 amide bonds. The molecule has 1 aliphatic rings. The van der Waals surface area contributed by atoms with Gasteiger partial charge in [-0.1, -0.05) is 0 Å². The molecule has 20 heavy (non-hydrogen) atoms. The Morgan fingerprint density at radius 2 is 1.90 bits per heavy atom. The first kappa shape index (κ1) is 13.9. The number of anilines is 1. The Morgan fingerprint density at radius 1 is 1.25 bits per heavy atom. The van der Waals surface area contributed by atoms with Crippen molar-refractivity contribution in [1.82, 2.24) is 4.90 Å². The van der Waals surface area contributed by atoms with Crippen LogP contribution in [-0.2, 0) is 4.79 Å². The van der Waals surface area contributed by atoms with Gasteiger partial charge in [0.1, 0.15) is 6.07 Å². The van der Waals surface area contributed by atoms with Gasteiger partial charge in [-0.25, -0.2) is 4.79 Å². The van der Waals surface area contributed by atoms with E-state index < -0.39 is 5.97 Å². The summed E-state index contributed by atoms with van der Waals surface area (Å²) in [4.78, 5) is 26.2. The SMILES string of the molecule is CC(=O)N1CCN(c2ccc(C#N)c(C(=O)O)c2)CC1. The number of carbonyl (C=O) groups excluding carboxylic acids is 1. The van der Waals surface area contributed by atoms with Crippen molar-refractivity contribution in [2.45, 2.75) is 6.92 Å². The zero-order chi connectivity index (χ0) is 14.7. The van der Waals surface area contributed by atoms with Gasteiger partial charge in [0.2, 0.25) is 5.91 Å². The van der Waals surface area contributed by atoms with E-state index in [1.165, 1.54) is 12.1 Å². The normalized spacial score (nSPS) is 14.8. The van der Waals surface area contributed by atoms with E-state index in [2.05, 4.69) is 0 Å². The molecule has 1 saturated heterocycles. The summed E-state index contributed by atoms with van der Waals surface area (Å²) in [5.41, 5.74) is 0.937. The predicted molar refractivity (Wildman–Crippen MR) is 72.6 cm³/mol. The van der Waals surface area contributed by atoms with Crippen LogP contribution in [0.25, 0.3) is 0 Å².